The van der Waals surface area contributed by atoms with Crippen molar-refractivity contribution in [3.8, 4) is 0 Å². The van der Waals surface area contributed by atoms with Crippen LogP contribution < -0.4 is 5.32 Å². The normalized spacial score (nSPS) is 18.0. The van der Waals surface area contributed by atoms with Gasteiger partial charge in [0.15, 0.2) is 5.78 Å². The van der Waals surface area contributed by atoms with Crippen LogP contribution in [0.15, 0.2) is 65.4 Å². The first-order valence-electron chi connectivity index (χ1n) is 9.54. The van der Waals surface area contributed by atoms with Crippen LogP contribution in [0.2, 0.25) is 0 Å². The van der Waals surface area contributed by atoms with E-state index in [2.05, 4.69) is 10.3 Å². The number of nitrogens with one attached hydrogen (secondary N) is 2. The molecular weight excluding hydrogens is 364 g/mol. The second-order valence-corrected chi connectivity index (χ2v) is 7.46. The average Bonchev–Trinajstić information content (AvgIpc) is 3.21. The van der Waals surface area contributed by atoms with Crippen LogP contribution >= 0.6 is 0 Å². The molecule has 1 atom stereocenters. The molecule has 0 unspecified atom stereocenters. The molecule has 1 aliphatic heterocycles. The number of benzene rings is 2. The third-order valence-corrected chi connectivity index (χ3v) is 5.89. The first-order valence-corrected chi connectivity index (χ1v) is 9.54. The second kappa shape index (κ2) is 6.21. The Morgan fingerprint density at radius 1 is 1.00 bits per heavy atom. The van der Waals surface area contributed by atoms with Crippen molar-refractivity contribution < 1.29 is 14.3 Å². The van der Waals surface area contributed by atoms with Crippen LogP contribution in [0.4, 0.5) is 0 Å². The zero-order valence-corrected chi connectivity index (χ0v) is 16.4. The van der Waals surface area contributed by atoms with Crippen LogP contribution in [-0.2, 0) is 9.53 Å². The number of para-hydroxylation sites is 1. The Morgan fingerprint density at radius 3 is 2.45 bits per heavy atom. The van der Waals surface area contributed by atoms with E-state index in [1.807, 2.05) is 62.4 Å². The van der Waals surface area contributed by atoms with E-state index in [0.717, 1.165) is 33.4 Å². The molecule has 0 amide bonds. The molecule has 2 N–H and O–H groups in total. The van der Waals surface area contributed by atoms with E-state index in [9.17, 15) is 9.59 Å². The van der Waals surface area contributed by atoms with Crippen molar-refractivity contribution in [3.63, 3.8) is 0 Å². The van der Waals surface area contributed by atoms with E-state index in [0.29, 0.717) is 22.4 Å². The highest BCUT2D eigenvalue weighted by atomic mass is 16.5. The zero-order chi connectivity index (χ0) is 20.3. The molecule has 29 heavy (non-hydrogen) atoms. The molecular formula is C24H20N2O3. The van der Waals surface area contributed by atoms with Crippen molar-refractivity contribution in [1.82, 2.24) is 10.3 Å². The van der Waals surface area contributed by atoms with E-state index in [-0.39, 0.29) is 5.78 Å². The highest BCUT2D eigenvalue weighted by Crippen LogP contribution is 2.48. The topological polar surface area (TPSA) is 71.2 Å². The number of carbonyl (C=O) groups is 2. The summed E-state index contributed by atoms with van der Waals surface area (Å²) in [5, 5.41) is 4.32. The number of allylic oxidation sites excluding steroid dienone is 2. The highest BCUT2D eigenvalue weighted by molar-refractivity contribution is 6.23. The lowest BCUT2D eigenvalue weighted by atomic mass is 9.78. The van der Waals surface area contributed by atoms with Crippen molar-refractivity contribution in [2.45, 2.75) is 19.8 Å². The molecule has 2 aliphatic rings. The van der Waals surface area contributed by atoms with Crippen molar-refractivity contribution in [3.05, 3.63) is 87.8 Å². The van der Waals surface area contributed by atoms with Gasteiger partial charge in [-0.15, -0.1) is 0 Å². The number of fused-ring (bicyclic) bond motifs is 3. The van der Waals surface area contributed by atoms with Crippen LogP contribution in [-0.4, -0.2) is 23.8 Å². The number of hydrogen-bond donors (Lipinski definition) is 2. The molecule has 144 valence electrons. The molecule has 2 heterocycles. The number of carbonyl (C=O) groups excluding carboxylic acids is 2. The van der Waals surface area contributed by atoms with Crippen molar-refractivity contribution in [1.29, 1.82) is 0 Å². The summed E-state index contributed by atoms with van der Waals surface area (Å²) in [5.41, 5.74) is 6.94. The second-order valence-electron chi connectivity index (χ2n) is 7.46. The summed E-state index contributed by atoms with van der Waals surface area (Å²) >= 11 is 0. The fourth-order valence-electron chi connectivity index (χ4n) is 4.67. The maximum atomic E-state index is 13.5. The van der Waals surface area contributed by atoms with Crippen molar-refractivity contribution in [2.75, 3.05) is 7.11 Å². The largest absolute Gasteiger partial charge is 0.466 e. The summed E-state index contributed by atoms with van der Waals surface area (Å²) in [5.74, 6) is -0.985. The van der Waals surface area contributed by atoms with Crippen LogP contribution in [0.5, 0.6) is 0 Å². The number of aromatic nitrogens is 1. The molecule has 0 saturated carbocycles. The van der Waals surface area contributed by atoms with Gasteiger partial charge in [0.05, 0.1) is 24.3 Å². The van der Waals surface area contributed by atoms with Gasteiger partial charge >= 0.3 is 5.97 Å². The summed E-state index contributed by atoms with van der Waals surface area (Å²) in [7, 11) is 1.37. The Labute approximate surface area is 168 Å². The zero-order valence-electron chi connectivity index (χ0n) is 16.4. The van der Waals surface area contributed by atoms with Gasteiger partial charge < -0.3 is 15.0 Å². The standard InChI is InChI=1S/C24H20N2O3/c1-12-18(16-10-6-7-11-17(16)25-12)20-19(24(28)29-3)13(2)26-22-14-8-4-5-9-15(14)23(27)21(20)22/h4-11,20,25-26H,1-3H3/t20-/m0/s1. The molecule has 0 saturated heterocycles. The molecule has 1 aromatic heterocycles. The molecule has 2 aromatic carbocycles. The number of ketones is 1. The minimum absolute atomic E-state index is 0.0494. The first-order chi connectivity index (χ1) is 14.0. The number of hydrogen-bond acceptors (Lipinski definition) is 4. The van der Waals surface area contributed by atoms with Gasteiger partial charge in [0.1, 0.15) is 0 Å². The van der Waals surface area contributed by atoms with Gasteiger partial charge in [-0.3, -0.25) is 4.79 Å². The van der Waals surface area contributed by atoms with E-state index < -0.39 is 11.9 Å². The maximum Gasteiger partial charge on any atom is 0.336 e. The molecule has 5 heteroatoms. The number of ether oxygens (including phenoxy) is 1. The average molecular weight is 384 g/mol. The molecule has 5 nitrogen and oxygen atoms in total. The number of rotatable bonds is 2. The van der Waals surface area contributed by atoms with Gasteiger partial charge in [0.25, 0.3) is 0 Å². The van der Waals surface area contributed by atoms with E-state index in [1.54, 1.807) is 0 Å². The van der Waals surface area contributed by atoms with Crippen LogP contribution in [0.25, 0.3) is 16.6 Å². The Balaban J connectivity index is 1.84. The maximum absolute atomic E-state index is 13.5. The van der Waals surface area contributed by atoms with Gasteiger partial charge in [-0.1, -0.05) is 42.5 Å². The van der Waals surface area contributed by atoms with E-state index in [4.69, 9.17) is 4.74 Å². The van der Waals surface area contributed by atoms with E-state index in [1.165, 1.54) is 7.11 Å². The Bertz CT molecular complexity index is 1280. The first kappa shape index (κ1) is 17.5. The summed E-state index contributed by atoms with van der Waals surface area (Å²) in [4.78, 5) is 29.7. The number of methoxy groups -OCH3 is 1. The Hall–Kier alpha value is -3.60. The Morgan fingerprint density at radius 2 is 1.69 bits per heavy atom. The lowest BCUT2D eigenvalue weighted by Crippen LogP contribution is -2.29. The summed E-state index contributed by atoms with van der Waals surface area (Å²) in [6.45, 7) is 3.84. The summed E-state index contributed by atoms with van der Waals surface area (Å²) in [6.07, 6.45) is 0. The van der Waals surface area contributed by atoms with Gasteiger partial charge in [0.2, 0.25) is 0 Å². The third-order valence-electron chi connectivity index (χ3n) is 5.89. The van der Waals surface area contributed by atoms with Crippen LogP contribution in [0.1, 0.15) is 40.0 Å². The van der Waals surface area contributed by atoms with Gasteiger partial charge in [-0.2, -0.15) is 0 Å². The summed E-state index contributed by atoms with van der Waals surface area (Å²) < 4.78 is 5.12. The quantitative estimate of drug-likeness (QED) is 0.649. The van der Waals surface area contributed by atoms with Gasteiger partial charge in [-0.05, 0) is 25.5 Å². The highest BCUT2D eigenvalue weighted by Gasteiger charge is 2.44. The number of H-pyrrole nitrogens is 1. The van der Waals surface area contributed by atoms with E-state index >= 15 is 0 Å². The van der Waals surface area contributed by atoms with Crippen molar-refractivity contribution in [2.24, 2.45) is 0 Å². The van der Waals surface area contributed by atoms with Crippen LogP contribution in [0.3, 0.4) is 0 Å². The van der Waals surface area contributed by atoms with Crippen molar-refractivity contribution >= 4 is 28.4 Å². The minimum Gasteiger partial charge on any atom is -0.466 e. The van der Waals surface area contributed by atoms with Crippen LogP contribution in [0, 0.1) is 6.92 Å². The number of Topliss-reactive ketones (excluding diaryl/α,β-unsaturated/α-hetero) is 1. The number of dihydropyridines is 1. The molecule has 0 radical (unpaired) electrons. The molecule has 1 aliphatic carbocycles. The van der Waals surface area contributed by atoms with Gasteiger partial charge in [-0.25, -0.2) is 4.79 Å². The molecule has 0 bridgehead atoms. The predicted octanol–water partition coefficient (Wildman–Crippen LogP) is 4.22. The fourth-order valence-corrected chi connectivity index (χ4v) is 4.67. The summed E-state index contributed by atoms with van der Waals surface area (Å²) in [6, 6.07) is 15.5. The lowest BCUT2D eigenvalue weighted by molar-refractivity contribution is -0.136. The fraction of sp³-hybridized carbons (Fsp3) is 0.167. The lowest BCUT2D eigenvalue weighted by Gasteiger charge is -2.29. The number of aromatic amines is 1. The third kappa shape index (κ3) is 2.34. The molecule has 0 spiro atoms. The number of aryl methyl sites for hydroxylation is 1. The monoisotopic (exact) mass is 384 g/mol. The SMILES string of the molecule is COC(=O)C1=C(C)NC2=C(C(=O)c3ccccc32)[C@H]1c1c(C)[nH]c2ccccc12. The minimum atomic E-state index is -0.505. The Kier molecular flexibility index (Phi) is 3.74. The van der Waals surface area contributed by atoms with Gasteiger partial charge in [0, 0.05) is 39.0 Å². The number of esters is 1. The predicted molar refractivity (Wildman–Crippen MR) is 111 cm³/mol. The molecule has 3 aromatic rings. The molecule has 5 rings (SSSR count). The smallest absolute Gasteiger partial charge is 0.336 e. The molecule has 0 fully saturated rings.